The molecule has 0 atom stereocenters. The Balaban J connectivity index is 2.01. The Hall–Kier alpha value is -1.52. The summed E-state index contributed by atoms with van der Waals surface area (Å²) >= 11 is 5.95. The maximum Gasteiger partial charge on any atom is 0.222 e. The van der Waals surface area contributed by atoms with Crippen molar-refractivity contribution in [2.24, 2.45) is 0 Å². The van der Waals surface area contributed by atoms with Crippen LogP contribution in [0.5, 0.6) is 0 Å². The Morgan fingerprint density at radius 1 is 1.40 bits per heavy atom. The zero-order valence-corrected chi connectivity index (χ0v) is 12.4. The number of aliphatic hydroxyl groups is 1. The van der Waals surface area contributed by atoms with E-state index in [1.807, 2.05) is 35.0 Å². The van der Waals surface area contributed by atoms with Crippen LogP contribution in [0.4, 0.5) is 0 Å². The summed E-state index contributed by atoms with van der Waals surface area (Å²) in [6.45, 7) is 4.10. The van der Waals surface area contributed by atoms with Crippen LogP contribution in [0.15, 0.2) is 30.5 Å². The van der Waals surface area contributed by atoms with E-state index in [0.717, 1.165) is 10.9 Å². The van der Waals surface area contributed by atoms with Gasteiger partial charge in [-0.15, -0.1) is 0 Å². The molecule has 0 radical (unpaired) electrons. The predicted molar refractivity (Wildman–Crippen MR) is 80.9 cm³/mol. The summed E-state index contributed by atoms with van der Waals surface area (Å²) in [6, 6.07) is 7.68. The van der Waals surface area contributed by atoms with E-state index in [9.17, 15) is 4.79 Å². The van der Waals surface area contributed by atoms with Gasteiger partial charge in [-0.1, -0.05) is 11.6 Å². The third-order valence-corrected chi connectivity index (χ3v) is 3.42. The summed E-state index contributed by atoms with van der Waals surface area (Å²) in [5, 5.41) is 13.7. The van der Waals surface area contributed by atoms with Gasteiger partial charge in [0, 0.05) is 35.1 Å². The molecule has 1 heterocycles. The number of fused-ring (bicyclic) bond motifs is 1. The molecule has 5 heteroatoms. The number of halogens is 1. The van der Waals surface area contributed by atoms with Crippen molar-refractivity contribution in [3.63, 3.8) is 0 Å². The molecule has 1 aromatic carbocycles. The molecule has 2 rings (SSSR count). The first-order chi connectivity index (χ1) is 9.41. The van der Waals surface area contributed by atoms with Gasteiger partial charge >= 0.3 is 0 Å². The minimum atomic E-state index is -0.580. The molecule has 0 aliphatic rings. The van der Waals surface area contributed by atoms with Crippen LogP contribution in [0.1, 0.15) is 20.3 Å². The summed E-state index contributed by atoms with van der Waals surface area (Å²) in [4.78, 5) is 11.8. The quantitative estimate of drug-likeness (QED) is 0.890. The topological polar surface area (TPSA) is 54.3 Å². The summed E-state index contributed by atoms with van der Waals surface area (Å²) in [7, 11) is 0. The molecule has 108 valence electrons. The van der Waals surface area contributed by atoms with Crippen molar-refractivity contribution in [2.45, 2.75) is 32.4 Å². The highest BCUT2D eigenvalue weighted by Gasteiger charge is 2.18. The van der Waals surface area contributed by atoms with E-state index >= 15 is 0 Å². The van der Waals surface area contributed by atoms with Gasteiger partial charge in [0.1, 0.15) is 0 Å². The Kier molecular flexibility index (Phi) is 4.35. The number of carbonyl (C=O) groups excluding carboxylic acids is 1. The average Bonchev–Trinajstić information content (AvgIpc) is 2.78. The summed E-state index contributed by atoms with van der Waals surface area (Å²) in [5.74, 6) is -0.0696. The molecule has 0 saturated heterocycles. The lowest BCUT2D eigenvalue weighted by atomic mass is 10.1. The van der Waals surface area contributed by atoms with Gasteiger partial charge in [0.2, 0.25) is 5.91 Å². The number of amides is 1. The van der Waals surface area contributed by atoms with Crippen molar-refractivity contribution in [1.29, 1.82) is 0 Å². The van der Waals surface area contributed by atoms with Crippen molar-refractivity contribution in [3.05, 3.63) is 35.5 Å². The van der Waals surface area contributed by atoms with Crippen LogP contribution in [0.25, 0.3) is 10.9 Å². The van der Waals surface area contributed by atoms with E-state index in [1.165, 1.54) is 0 Å². The van der Waals surface area contributed by atoms with Crippen molar-refractivity contribution >= 4 is 28.4 Å². The molecule has 1 amide bonds. The maximum absolute atomic E-state index is 11.8. The number of hydrogen-bond donors (Lipinski definition) is 2. The largest absolute Gasteiger partial charge is 0.394 e. The van der Waals surface area contributed by atoms with Crippen LogP contribution in [0.2, 0.25) is 5.02 Å². The van der Waals surface area contributed by atoms with Crippen molar-refractivity contribution < 1.29 is 9.90 Å². The second-order valence-electron chi connectivity index (χ2n) is 5.55. The minimum absolute atomic E-state index is 0.0696. The van der Waals surface area contributed by atoms with Gasteiger partial charge in [-0.05, 0) is 38.1 Å². The lowest BCUT2D eigenvalue weighted by Crippen LogP contribution is -2.46. The maximum atomic E-state index is 11.8. The smallest absolute Gasteiger partial charge is 0.222 e. The van der Waals surface area contributed by atoms with Gasteiger partial charge < -0.3 is 15.0 Å². The van der Waals surface area contributed by atoms with E-state index in [4.69, 9.17) is 16.7 Å². The molecule has 4 nitrogen and oxygen atoms in total. The molecule has 2 aromatic rings. The number of aliphatic hydroxyl groups excluding tert-OH is 1. The number of carbonyl (C=O) groups is 1. The van der Waals surface area contributed by atoms with E-state index in [0.29, 0.717) is 18.0 Å². The fourth-order valence-electron chi connectivity index (χ4n) is 2.07. The monoisotopic (exact) mass is 294 g/mol. The number of rotatable bonds is 5. The first kappa shape index (κ1) is 14.9. The Morgan fingerprint density at radius 2 is 2.15 bits per heavy atom. The molecule has 0 saturated carbocycles. The molecule has 0 aliphatic heterocycles. The summed E-state index contributed by atoms with van der Waals surface area (Å²) in [6.07, 6.45) is 2.32. The molecule has 0 unspecified atom stereocenters. The first-order valence-electron chi connectivity index (χ1n) is 6.57. The second kappa shape index (κ2) is 5.85. The molecule has 0 bridgehead atoms. The second-order valence-corrected chi connectivity index (χ2v) is 5.99. The Morgan fingerprint density at radius 3 is 2.85 bits per heavy atom. The molecular formula is C15H19ClN2O2. The predicted octanol–water partition coefficient (Wildman–Crippen LogP) is 2.57. The van der Waals surface area contributed by atoms with Crippen LogP contribution < -0.4 is 5.32 Å². The number of aryl methyl sites for hydroxylation is 1. The number of nitrogens with one attached hydrogen (secondary N) is 1. The van der Waals surface area contributed by atoms with E-state index in [1.54, 1.807) is 13.8 Å². The van der Waals surface area contributed by atoms with E-state index in [2.05, 4.69) is 5.32 Å². The molecule has 0 fully saturated rings. The van der Waals surface area contributed by atoms with Gasteiger partial charge in [0.05, 0.1) is 12.1 Å². The van der Waals surface area contributed by atoms with E-state index in [-0.39, 0.29) is 12.5 Å². The highest BCUT2D eigenvalue weighted by Crippen LogP contribution is 2.20. The lowest BCUT2D eigenvalue weighted by Gasteiger charge is -2.23. The number of aromatic nitrogens is 1. The number of benzene rings is 1. The van der Waals surface area contributed by atoms with Gasteiger partial charge in [0.15, 0.2) is 0 Å². The third-order valence-electron chi connectivity index (χ3n) is 3.19. The third kappa shape index (κ3) is 3.52. The standard InChI is InChI=1S/C15H19ClN2O2/c1-15(2,10-19)17-14(20)6-8-18-7-5-11-9-12(16)3-4-13(11)18/h3-5,7,9,19H,6,8,10H2,1-2H3,(H,17,20). The fourth-order valence-corrected chi connectivity index (χ4v) is 2.25. The van der Waals surface area contributed by atoms with Crippen LogP contribution in [-0.4, -0.2) is 27.7 Å². The summed E-state index contributed by atoms with van der Waals surface area (Å²) in [5.41, 5.74) is 0.479. The molecule has 20 heavy (non-hydrogen) atoms. The van der Waals surface area contributed by atoms with Crippen LogP contribution >= 0.6 is 11.6 Å². The van der Waals surface area contributed by atoms with Crippen molar-refractivity contribution in [3.8, 4) is 0 Å². The lowest BCUT2D eigenvalue weighted by molar-refractivity contribution is -0.123. The van der Waals surface area contributed by atoms with E-state index < -0.39 is 5.54 Å². The molecular weight excluding hydrogens is 276 g/mol. The number of hydrogen-bond acceptors (Lipinski definition) is 2. The minimum Gasteiger partial charge on any atom is -0.394 e. The normalized spacial score (nSPS) is 11.8. The average molecular weight is 295 g/mol. The SMILES string of the molecule is CC(C)(CO)NC(=O)CCn1ccc2cc(Cl)ccc21. The molecule has 0 spiro atoms. The van der Waals surface area contributed by atoms with Crippen LogP contribution in [0, 0.1) is 0 Å². The van der Waals surface area contributed by atoms with Crippen LogP contribution in [0.3, 0.4) is 0 Å². The van der Waals surface area contributed by atoms with Crippen LogP contribution in [-0.2, 0) is 11.3 Å². The Bertz CT molecular complexity index is 619. The van der Waals surface area contributed by atoms with Gasteiger partial charge in [-0.2, -0.15) is 0 Å². The molecule has 0 aliphatic carbocycles. The summed E-state index contributed by atoms with van der Waals surface area (Å²) < 4.78 is 2.02. The Labute approximate surface area is 123 Å². The van der Waals surface area contributed by atoms with Gasteiger partial charge in [-0.25, -0.2) is 0 Å². The van der Waals surface area contributed by atoms with Crippen molar-refractivity contribution in [1.82, 2.24) is 9.88 Å². The first-order valence-corrected chi connectivity index (χ1v) is 6.95. The fraction of sp³-hybridized carbons (Fsp3) is 0.400. The van der Waals surface area contributed by atoms with Crippen molar-refractivity contribution in [2.75, 3.05) is 6.61 Å². The zero-order chi connectivity index (χ0) is 14.8. The highest BCUT2D eigenvalue weighted by molar-refractivity contribution is 6.31. The number of nitrogens with zero attached hydrogens (tertiary/aromatic N) is 1. The highest BCUT2D eigenvalue weighted by atomic mass is 35.5. The zero-order valence-electron chi connectivity index (χ0n) is 11.7. The van der Waals surface area contributed by atoms with Gasteiger partial charge in [-0.3, -0.25) is 4.79 Å². The molecule has 2 N–H and O–H groups in total. The molecule has 1 aromatic heterocycles. The van der Waals surface area contributed by atoms with Gasteiger partial charge in [0.25, 0.3) is 0 Å².